The number of ether oxygens (including phenoxy) is 1. The summed E-state index contributed by atoms with van der Waals surface area (Å²) in [7, 11) is 0. The number of rotatable bonds is 6. The fourth-order valence-electron chi connectivity index (χ4n) is 2.90. The van der Waals surface area contributed by atoms with Gasteiger partial charge in [-0.1, -0.05) is 24.6 Å². The Morgan fingerprint density at radius 1 is 1.30 bits per heavy atom. The molecule has 2 N–H and O–H groups in total. The van der Waals surface area contributed by atoms with E-state index in [0.717, 1.165) is 36.7 Å². The second-order valence-electron chi connectivity index (χ2n) is 5.50. The Hall–Kier alpha value is -0.770. The lowest BCUT2D eigenvalue weighted by Crippen LogP contribution is -2.42. The number of benzene rings is 1. The highest BCUT2D eigenvalue weighted by atomic mass is 35.5. The molecule has 2 rings (SSSR count). The molecule has 0 aliphatic heterocycles. The SMILES string of the molecule is CCN(CCOc1cccc(Cl)c1)C1CCC(N)CC1. The van der Waals surface area contributed by atoms with Crippen LogP contribution in [0.15, 0.2) is 24.3 Å². The van der Waals surface area contributed by atoms with Gasteiger partial charge in [0.1, 0.15) is 12.4 Å². The van der Waals surface area contributed by atoms with Gasteiger partial charge in [-0.25, -0.2) is 0 Å². The molecule has 0 bridgehead atoms. The van der Waals surface area contributed by atoms with Crippen molar-refractivity contribution in [2.24, 2.45) is 5.73 Å². The highest BCUT2D eigenvalue weighted by Crippen LogP contribution is 2.22. The summed E-state index contributed by atoms with van der Waals surface area (Å²) in [5.41, 5.74) is 5.97. The van der Waals surface area contributed by atoms with E-state index in [4.69, 9.17) is 22.1 Å². The van der Waals surface area contributed by atoms with Gasteiger partial charge in [0.2, 0.25) is 0 Å². The van der Waals surface area contributed by atoms with Crippen LogP contribution in [0.3, 0.4) is 0 Å². The van der Waals surface area contributed by atoms with Gasteiger partial charge < -0.3 is 10.5 Å². The maximum atomic E-state index is 5.97. The number of hydrogen-bond donors (Lipinski definition) is 1. The summed E-state index contributed by atoms with van der Waals surface area (Å²) >= 11 is 5.95. The van der Waals surface area contributed by atoms with E-state index in [1.165, 1.54) is 12.8 Å². The molecule has 0 atom stereocenters. The van der Waals surface area contributed by atoms with Crippen LogP contribution >= 0.6 is 11.6 Å². The van der Waals surface area contributed by atoms with Crippen LogP contribution in [-0.4, -0.2) is 36.7 Å². The second-order valence-corrected chi connectivity index (χ2v) is 5.94. The van der Waals surface area contributed by atoms with Crippen molar-refractivity contribution in [3.63, 3.8) is 0 Å². The third kappa shape index (κ3) is 4.65. The Morgan fingerprint density at radius 2 is 2.05 bits per heavy atom. The summed E-state index contributed by atoms with van der Waals surface area (Å²) < 4.78 is 5.78. The number of nitrogens with two attached hydrogens (primary N) is 1. The van der Waals surface area contributed by atoms with Crippen LogP contribution in [-0.2, 0) is 0 Å². The van der Waals surface area contributed by atoms with E-state index in [-0.39, 0.29) is 0 Å². The lowest BCUT2D eigenvalue weighted by Gasteiger charge is -2.35. The van der Waals surface area contributed by atoms with Gasteiger partial charge in [0.25, 0.3) is 0 Å². The molecule has 112 valence electrons. The van der Waals surface area contributed by atoms with Gasteiger partial charge in [0, 0.05) is 23.7 Å². The molecule has 0 aromatic heterocycles. The Kier molecular flexibility index (Phi) is 6.14. The summed E-state index contributed by atoms with van der Waals surface area (Å²) in [6, 6.07) is 8.66. The van der Waals surface area contributed by atoms with Crippen LogP contribution in [0.1, 0.15) is 32.6 Å². The lowest BCUT2D eigenvalue weighted by molar-refractivity contribution is 0.132. The first-order valence-electron chi connectivity index (χ1n) is 7.57. The van der Waals surface area contributed by atoms with E-state index in [2.05, 4.69) is 11.8 Å². The minimum absolute atomic E-state index is 0.410. The minimum Gasteiger partial charge on any atom is -0.492 e. The van der Waals surface area contributed by atoms with Crippen molar-refractivity contribution in [3.05, 3.63) is 29.3 Å². The number of nitrogens with zero attached hydrogens (tertiary/aromatic N) is 1. The molecule has 20 heavy (non-hydrogen) atoms. The van der Waals surface area contributed by atoms with Crippen LogP contribution < -0.4 is 10.5 Å². The third-order valence-electron chi connectivity index (χ3n) is 4.11. The molecule has 0 unspecified atom stereocenters. The van der Waals surface area contributed by atoms with Crippen molar-refractivity contribution in [2.45, 2.75) is 44.7 Å². The topological polar surface area (TPSA) is 38.5 Å². The van der Waals surface area contributed by atoms with Crippen LogP contribution in [0.25, 0.3) is 0 Å². The molecule has 1 aliphatic rings. The Labute approximate surface area is 127 Å². The predicted octanol–water partition coefficient (Wildman–Crippen LogP) is 3.31. The third-order valence-corrected chi connectivity index (χ3v) is 4.34. The van der Waals surface area contributed by atoms with Crippen molar-refractivity contribution >= 4 is 11.6 Å². The second kappa shape index (κ2) is 7.87. The molecule has 0 amide bonds. The number of likely N-dealkylation sites (N-methyl/N-ethyl adjacent to an activating group) is 1. The van der Waals surface area contributed by atoms with E-state index >= 15 is 0 Å². The van der Waals surface area contributed by atoms with Crippen molar-refractivity contribution in [3.8, 4) is 5.75 Å². The number of hydrogen-bond acceptors (Lipinski definition) is 3. The summed E-state index contributed by atoms with van der Waals surface area (Å²) in [5, 5.41) is 0.719. The molecule has 1 aromatic carbocycles. The molecular weight excluding hydrogens is 272 g/mol. The lowest BCUT2D eigenvalue weighted by atomic mass is 9.91. The van der Waals surface area contributed by atoms with Crippen LogP contribution in [0.2, 0.25) is 5.02 Å². The van der Waals surface area contributed by atoms with Crippen molar-refractivity contribution < 1.29 is 4.74 Å². The fourth-order valence-corrected chi connectivity index (χ4v) is 3.08. The van der Waals surface area contributed by atoms with E-state index in [0.29, 0.717) is 18.7 Å². The highest BCUT2D eigenvalue weighted by molar-refractivity contribution is 6.30. The van der Waals surface area contributed by atoms with Gasteiger partial charge in [0.15, 0.2) is 0 Å². The molecule has 4 heteroatoms. The first kappa shape index (κ1) is 15.6. The Morgan fingerprint density at radius 3 is 2.70 bits per heavy atom. The van der Waals surface area contributed by atoms with Crippen LogP contribution in [0, 0.1) is 0 Å². The first-order valence-corrected chi connectivity index (χ1v) is 7.95. The van der Waals surface area contributed by atoms with Crippen LogP contribution in [0.5, 0.6) is 5.75 Å². The Balaban J connectivity index is 1.76. The molecule has 3 nitrogen and oxygen atoms in total. The van der Waals surface area contributed by atoms with E-state index in [1.807, 2.05) is 24.3 Å². The van der Waals surface area contributed by atoms with E-state index < -0.39 is 0 Å². The summed E-state index contributed by atoms with van der Waals surface area (Å²) in [4.78, 5) is 2.51. The molecule has 0 radical (unpaired) electrons. The zero-order chi connectivity index (χ0) is 14.4. The summed E-state index contributed by atoms with van der Waals surface area (Å²) in [6.45, 7) is 4.95. The standard InChI is InChI=1S/C16H25ClN2O/c1-2-19(15-8-6-14(18)7-9-15)10-11-20-16-5-3-4-13(17)12-16/h3-5,12,14-15H,2,6-11,18H2,1H3. The maximum absolute atomic E-state index is 5.97. The molecule has 0 saturated heterocycles. The first-order chi connectivity index (χ1) is 9.69. The molecule has 1 fully saturated rings. The van der Waals surface area contributed by atoms with Gasteiger partial charge >= 0.3 is 0 Å². The minimum atomic E-state index is 0.410. The summed E-state index contributed by atoms with van der Waals surface area (Å²) in [6.07, 6.45) is 4.73. The molecule has 0 spiro atoms. The fraction of sp³-hybridized carbons (Fsp3) is 0.625. The maximum Gasteiger partial charge on any atom is 0.120 e. The quantitative estimate of drug-likeness (QED) is 0.875. The zero-order valence-electron chi connectivity index (χ0n) is 12.2. The molecule has 0 heterocycles. The molecule has 1 saturated carbocycles. The number of halogens is 1. The average Bonchev–Trinajstić information content (AvgIpc) is 2.45. The van der Waals surface area contributed by atoms with Gasteiger partial charge in [-0.15, -0.1) is 0 Å². The Bertz CT molecular complexity index is 405. The monoisotopic (exact) mass is 296 g/mol. The van der Waals surface area contributed by atoms with Gasteiger partial charge in [0.05, 0.1) is 0 Å². The van der Waals surface area contributed by atoms with Crippen molar-refractivity contribution in [2.75, 3.05) is 19.7 Å². The van der Waals surface area contributed by atoms with Crippen molar-refractivity contribution in [1.82, 2.24) is 4.90 Å². The largest absolute Gasteiger partial charge is 0.492 e. The predicted molar refractivity (Wildman–Crippen MR) is 84.4 cm³/mol. The van der Waals surface area contributed by atoms with Crippen LogP contribution in [0.4, 0.5) is 0 Å². The average molecular weight is 297 g/mol. The molecule has 1 aliphatic carbocycles. The molecule has 1 aromatic rings. The van der Waals surface area contributed by atoms with Gasteiger partial charge in [-0.3, -0.25) is 4.90 Å². The summed E-state index contributed by atoms with van der Waals surface area (Å²) in [5.74, 6) is 0.846. The van der Waals surface area contributed by atoms with Crippen molar-refractivity contribution in [1.29, 1.82) is 0 Å². The smallest absolute Gasteiger partial charge is 0.120 e. The molecular formula is C16H25ClN2O. The highest BCUT2D eigenvalue weighted by Gasteiger charge is 2.23. The van der Waals surface area contributed by atoms with E-state index in [9.17, 15) is 0 Å². The van der Waals surface area contributed by atoms with E-state index in [1.54, 1.807) is 0 Å². The van der Waals surface area contributed by atoms with Gasteiger partial charge in [-0.05, 0) is 50.4 Å². The zero-order valence-corrected chi connectivity index (χ0v) is 13.0. The normalized spacial score (nSPS) is 23.0. The van der Waals surface area contributed by atoms with Gasteiger partial charge in [-0.2, -0.15) is 0 Å².